The first-order valence-electron chi connectivity index (χ1n) is 7.04. The predicted octanol–water partition coefficient (Wildman–Crippen LogP) is 3.80. The first kappa shape index (κ1) is 14.8. The SMILES string of the molecule is CCc1ccc(NC(C)C(=O)c2cccc(C#N)c2)cc1. The molecule has 0 aliphatic carbocycles. The molecule has 1 atom stereocenters. The molecular formula is C18H18N2O. The van der Waals surface area contributed by atoms with Crippen LogP contribution in [-0.4, -0.2) is 11.8 Å². The highest BCUT2D eigenvalue weighted by molar-refractivity contribution is 6.01. The largest absolute Gasteiger partial charge is 0.375 e. The second kappa shape index (κ2) is 6.71. The molecule has 3 nitrogen and oxygen atoms in total. The Morgan fingerprint density at radius 1 is 1.24 bits per heavy atom. The number of rotatable bonds is 5. The van der Waals surface area contributed by atoms with Crippen LogP contribution in [0.3, 0.4) is 0 Å². The summed E-state index contributed by atoms with van der Waals surface area (Å²) in [6, 6.07) is 16.6. The minimum atomic E-state index is -0.341. The van der Waals surface area contributed by atoms with Crippen molar-refractivity contribution in [2.75, 3.05) is 5.32 Å². The van der Waals surface area contributed by atoms with Crippen molar-refractivity contribution < 1.29 is 4.79 Å². The fourth-order valence-corrected chi connectivity index (χ4v) is 2.14. The van der Waals surface area contributed by atoms with E-state index in [-0.39, 0.29) is 11.8 Å². The molecule has 1 unspecified atom stereocenters. The molecular weight excluding hydrogens is 260 g/mol. The van der Waals surface area contributed by atoms with Crippen molar-refractivity contribution in [3.63, 3.8) is 0 Å². The van der Waals surface area contributed by atoms with E-state index in [2.05, 4.69) is 30.4 Å². The van der Waals surface area contributed by atoms with Crippen molar-refractivity contribution in [2.24, 2.45) is 0 Å². The van der Waals surface area contributed by atoms with Gasteiger partial charge in [0.25, 0.3) is 0 Å². The van der Waals surface area contributed by atoms with E-state index in [1.54, 1.807) is 24.3 Å². The van der Waals surface area contributed by atoms with Crippen LogP contribution in [0.1, 0.15) is 35.3 Å². The number of aryl methyl sites for hydroxylation is 1. The molecule has 0 spiro atoms. The summed E-state index contributed by atoms with van der Waals surface area (Å²) in [6.07, 6.45) is 0.996. The van der Waals surface area contributed by atoms with Crippen LogP contribution in [-0.2, 0) is 6.42 Å². The molecule has 0 fully saturated rings. The van der Waals surface area contributed by atoms with Gasteiger partial charge in [0.15, 0.2) is 5.78 Å². The van der Waals surface area contributed by atoms with E-state index in [1.807, 2.05) is 19.1 Å². The Kier molecular flexibility index (Phi) is 4.73. The topological polar surface area (TPSA) is 52.9 Å². The minimum Gasteiger partial charge on any atom is -0.375 e. The van der Waals surface area contributed by atoms with Gasteiger partial charge in [0.2, 0.25) is 0 Å². The number of nitrogens with one attached hydrogen (secondary N) is 1. The van der Waals surface area contributed by atoms with Crippen LogP contribution in [0.5, 0.6) is 0 Å². The van der Waals surface area contributed by atoms with Gasteiger partial charge >= 0.3 is 0 Å². The molecule has 3 heteroatoms. The summed E-state index contributed by atoms with van der Waals surface area (Å²) in [7, 11) is 0. The molecule has 0 aliphatic rings. The van der Waals surface area contributed by atoms with Gasteiger partial charge in [0.1, 0.15) is 0 Å². The second-order valence-corrected chi connectivity index (χ2v) is 4.97. The van der Waals surface area contributed by atoms with Gasteiger partial charge in [0, 0.05) is 11.3 Å². The van der Waals surface area contributed by atoms with Crippen LogP contribution < -0.4 is 5.32 Å². The van der Waals surface area contributed by atoms with Gasteiger partial charge in [-0.25, -0.2) is 0 Å². The van der Waals surface area contributed by atoms with Gasteiger partial charge in [-0.3, -0.25) is 4.79 Å². The highest BCUT2D eigenvalue weighted by atomic mass is 16.1. The average molecular weight is 278 g/mol. The Morgan fingerprint density at radius 2 is 1.95 bits per heavy atom. The number of hydrogen-bond acceptors (Lipinski definition) is 3. The molecule has 2 rings (SSSR count). The Labute approximate surface area is 125 Å². The molecule has 0 heterocycles. The summed E-state index contributed by atoms with van der Waals surface area (Å²) in [4.78, 5) is 12.4. The van der Waals surface area contributed by atoms with E-state index >= 15 is 0 Å². The number of anilines is 1. The lowest BCUT2D eigenvalue weighted by Gasteiger charge is -2.14. The quantitative estimate of drug-likeness (QED) is 0.846. The number of hydrogen-bond donors (Lipinski definition) is 1. The van der Waals surface area contributed by atoms with Gasteiger partial charge < -0.3 is 5.32 Å². The van der Waals surface area contributed by atoms with E-state index in [9.17, 15) is 4.79 Å². The van der Waals surface area contributed by atoms with Crippen molar-refractivity contribution in [3.8, 4) is 6.07 Å². The number of ketones is 1. The molecule has 106 valence electrons. The summed E-state index contributed by atoms with van der Waals surface area (Å²) in [5.41, 5.74) is 3.24. The lowest BCUT2D eigenvalue weighted by molar-refractivity contribution is 0.0975. The average Bonchev–Trinajstić information content (AvgIpc) is 2.54. The lowest BCUT2D eigenvalue weighted by Crippen LogP contribution is -2.26. The number of carbonyl (C=O) groups excluding carboxylic acids is 1. The molecule has 2 aromatic rings. The molecule has 0 saturated carbocycles. The fraction of sp³-hybridized carbons (Fsp3) is 0.222. The molecule has 0 saturated heterocycles. The van der Waals surface area contributed by atoms with Gasteiger partial charge in [-0.15, -0.1) is 0 Å². The first-order chi connectivity index (χ1) is 10.1. The van der Waals surface area contributed by atoms with Crippen molar-refractivity contribution in [1.29, 1.82) is 5.26 Å². The Balaban J connectivity index is 2.09. The zero-order valence-electron chi connectivity index (χ0n) is 12.3. The summed E-state index contributed by atoms with van der Waals surface area (Å²) in [5.74, 6) is -0.0216. The molecule has 0 aliphatic heterocycles. The molecule has 21 heavy (non-hydrogen) atoms. The Bertz CT molecular complexity index is 668. The monoisotopic (exact) mass is 278 g/mol. The molecule has 0 radical (unpaired) electrons. The van der Waals surface area contributed by atoms with Crippen LogP contribution in [0.25, 0.3) is 0 Å². The third-order valence-electron chi connectivity index (χ3n) is 3.41. The van der Waals surface area contributed by atoms with E-state index in [1.165, 1.54) is 5.56 Å². The van der Waals surface area contributed by atoms with Crippen LogP contribution in [0.2, 0.25) is 0 Å². The van der Waals surface area contributed by atoms with E-state index in [0.717, 1.165) is 12.1 Å². The van der Waals surface area contributed by atoms with Crippen molar-refractivity contribution >= 4 is 11.5 Å². The van der Waals surface area contributed by atoms with Crippen molar-refractivity contribution in [2.45, 2.75) is 26.3 Å². The molecule has 0 aromatic heterocycles. The number of carbonyl (C=O) groups is 1. The van der Waals surface area contributed by atoms with Crippen LogP contribution in [0.15, 0.2) is 48.5 Å². The lowest BCUT2D eigenvalue weighted by atomic mass is 10.0. The zero-order valence-corrected chi connectivity index (χ0v) is 12.3. The number of benzene rings is 2. The highest BCUT2D eigenvalue weighted by Crippen LogP contribution is 2.14. The second-order valence-electron chi connectivity index (χ2n) is 4.97. The highest BCUT2D eigenvalue weighted by Gasteiger charge is 2.15. The van der Waals surface area contributed by atoms with Gasteiger partial charge in [0.05, 0.1) is 17.7 Å². The standard InChI is InChI=1S/C18H18N2O/c1-3-14-7-9-17(10-8-14)20-13(2)18(21)16-6-4-5-15(11-16)12-19/h4-11,13,20H,3H2,1-2H3. The van der Waals surface area contributed by atoms with Gasteiger partial charge in [-0.2, -0.15) is 5.26 Å². The summed E-state index contributed by atoms with van der Waals surface area (Å²) in [5, 5.41) is 12.1. The fourth-order valence-electron chi connectivity index (χ4n) is 2.14. The van der Waals surface area contributed by atoms with Crippen LogP contribution in [0.4, 0.5) is 5.69 Å². The number of nitriles is 1. The third kappa shape index (κ3) is 3.70. The van der Waals surface area contributed by atoms with E-state index in [0.29, 0.717) is 11.1 Å². The smallest absolute Gasteiger partial charge is 0.184 e. The molecule has 2 aromatic carbocycles. The maximum absolute atomic E-state index is 12.4. The predicted molar refractivity (Wildman–Crippen MR) is 84.4 cm³/mol. The molecule has 0 bridgehead atoms. The van der Waals surface area contributed by atoms with E-state index in [4.69, 9.17) is 5.26 Å². The summed E-state index contributed by atoms with van der Waals surface area (Å²) in [6.45, 7) is 3.94. The van der Waals surface area contributed by atoms with Crippen molar-refractivity contribution in [3.05, 3.63) is 65.2 Å². The summed E-state index contributed by atoms with van der Waals surface area (Å²) < 4.78 is 0. The Hall–Kier alpha value is -2.60. The zero-order chi connectivity index (χ0) is 15.2. The normalized spacial score (nSPS) is 11.5. The maximum atomic E-state index is 12.4. The molecule has 0 amide bonds. The Morgan fingerprint density at radius 3 is 2.57 bits per heavy atom. The molecule has 1 N–H and O–H groups in total. The van der Waals surface area contributed by atoms with Crippen molar-refractivity contribution in [1.82, 2.24) is 0 Å². The minimum absolute atomic E-state index is 0.0216. The number of Topliss-reactive ketones (excluding diaryl/α,β-unsaturated/α-hetero) is 1. The maximum Gasteiger partial charge on any atom is 0.184 e. The number of nitrogens with zero attached hydrogens (tertiary/aromatic N) is 1. The third-order valence-corrected chi connectivity index (χ3v) is 3.41. The van der Waals surface area contributed by atoms with Gasteiger partial charge in [-0.05, 0) is 43.2 Å². The van der Waals surface area contributed by atoms with E-state index < -0.39 is 0 Å². The van der Waals surface area contributed by atoms with Crippen LogP contribution >= 0.6 is 0 Å². The first-order valence-corrected chi connectivity index (χ1v) is 7.04. The van der Waals surface area contributed by atoms with Crippen LogP contribution in [0, 0.1) is 11.3 Å². The summed E-state index contributed by atoms with van der Waals surface area (Å²) >= 11 is 0. The van der Waals surface area contributed by atoms with Gasteiger partial charge in [-0.1, -0.05) is 31.2 Å².